The van der Waals surface area contributed by atoms with E-state index < -0.39 is 8.56 Å². The van der Waals surface area contributed by atoms with E-state index in [0.29, 0.717) is 6.04 Å². The van der Waals surface area contributed by atoms with Crippen molar-refractivity contribution >= 4 is 8.56 Å². The second kappa shape index (κ2) is 6.43. The summed E-state index contributed by atoms with van der Waals surface area (Å²) < 4.78 is 20.4. The minimum atomic E-state index is -2.39. The van der Waals surface area contributed by atoms with Crippen LogP contribution in [0.3, 0.4) is 0 Å². The fourth-order valence-electron chi connectivity index (χ4n) is 3.93. The van der Waals surface area contributed by atoms with Gasteiger partial charge in [0.05, 0.1) is 6.04 Å². The Kier molecular flexibility index (Phi) is 5.07. The van der Waals surface area contributed by atoms with E-state index in [9.17, 15) is 0 Å². The van der Waals surface area contributed by atoms with Crippen LogP contribution < -0.4 is 0 Å². The number of aromatic nitrogens is 1. The largest absolute Gasteiger partial charge is 0.396 e. The molecule has 2 heterocycles. The molecule has 5 heteroatoms. The van der Waals surface area contributed by atoms with E-state index in [0.717, 1.165) is 31.7 Å². The Morgan fingerprint density at radius 2 is 1.85 bits per heavy atom. The Hall–Kier alpha value is -0.623. The van der Waals surface area contributed by atoms with Crippen molar-refractivity contribution < 1.29 is 13.6 Å². The molecule has 4 nitrogen and oxygen atoms in total. The predicted octanol–water partition coefficient (Wildman–Crippen LogP) is 3.28. The maximum atomic E-state index is 6.14. The molecule has 0 saturated carbocycles. The summed E-state index contributed by atoms with van der Waals surface area (Å²) in [4.78, 5) is 0. The van der Waals surface area contributed by atoms with Gasteiger partial charge in [-0.3, -0.25) is 0 Å². The summed E-state index contributed by atoms with van der Waals surface area (Å²) in [5.74, 6) is 0. The molecule has 2 atom stereocenters. The molecule has 0 bridgehead atoms. The number of ether oxygens (including phenoxy) is 1. The van der Waals surface area contributed by atoms with Gasteiger partial charge in [0.1, 0.15) is 5.22 Å². The summed E-state index contributed by atoms with van der Waals surface area (Å²) in [5, 5.41) is -0.317. The lowest BCUT2D eigenvalue weighted by molar-refractivity contribution is -0.0483. The molecule has 114 valence electrons. The SMILES string of the molecule is CCCC1(OC)C(n2cccc2)CCC[Si]1(OC)OC. The third-order valence-corrected chi connectivity index (χ3v) is 9.21. The number of nitrogens with zero attached hydrogens (tertiary/aromatic N) is 1. The van der Waals surface area contributed by atoms with Crippen LogP contribution >= 0.6 is 0 Å². The summed E-state index contributed by atoms with van der Waals surface area (Å²) in [6.07, 6.45) is 8.54. The van der Waals surface area contributed by atoms with Crippen molar-refractivity contribution in [2.75, 3.05) is 21.3 Å². The van der Waals surface area contributed by atoms with Gasteiger partial charge < -0.3 is 18.2 Å². The Morgan fingerprint density at radius 1 is 1.20 bits per heavy atom. The third kappa shape index (κ3) is 2.26. The summed E-state index contributed by atoms with van der Waals surface area (Å²) in [5.41, 5.74) is 0. The van der Waals surface area contributed by atoms with E-state index in [1.807, 2.05) is 7.11 Å². The van der Waals surface area contributed by atoms with Crippen molar-refractivity contribution in [3.63, 3.8) is 0 Å². The van der Waals surface area contributed by atoms with Gasteiger partial charge in [-0.2, -0.15) is 0 Å². The standard InChI is InChI=1S/C15H27NO3Si/c1-5-10-15(17-2)14(16-11-6-7-12-16)9-8-13-20(15,18-3)19-4/h6-7,11-12,14H,5,8-10,13H2,1-4H3. The van der Waals surface area contributed by atoms with Crippen LogP contribution in [0.1, 0.15) is 38.6 Å². The highest BCUT2D eigenvalue weighted by Gasteiger charge is 2.63. The zero-order valence-electron chi connectivity index (χ0n) is 13.1. The van der Waals surface area contributed by atoms with Gasteiger partial charge in [0.25, 0.3) is 0 Å². The molecule has 2 unspecified atom stereocenters. The van der Waals surface area contributed by atoms with E-state index in [4.69, 9.17) is 13.6 Å². The first-order valence-corrected chi connectivity index (χ1v) is 9.50. The molecule has 1 aromatic heterocycles. The highest BCUT2D eigenvalue weighted by Crippen LogP contribution is 2.48. The third-order valence-electron chi connectivity index (χ3n) is 4.80. The number of hydrogen-bond acceptors (Lipinski definition) is 3. The fraction of sp³-hybridized carbons (Fsp3) is 0.733. The smallest absolute Gasteiger partial charge is 0.372 e. The molecule has 0 radical (unpaired) electrons. The molecule has 1 aliphatic heterocycles. The molecule has 1 fully saturated rings. The van der Waals surface area contributed by atoms with Gasteiger partial charge in [-0.1, -0.05) is 13.3 Å². The molecular formula is C15H27NO3Si. The molecule has 2 rings (SSSR count). The van der Waals surface area contributed by atoms with Crippen molar-refractivity contribution in [2.24, 2.45) is 0 Å². The summed E-state index contributed by atoms with van der Waals surface area (Å²) >= 11 is 0. The average molecular weight is 297 g/mol. The first-order chi connectivity index (χ1) is 9.69. The van der Waals surface area contributed by atoms with Gasteiger partial charge in [-0.05, 0) is 37.4 Å². The summed E-state index contributed by atoms with van der Waals surface area (Å²) in [6, 6.07) is 5.45. The van der Waals surface area contributed by atoms with Gasteiger partial charge in [-0.15, -0.1) is 0 Å². The van der Waals surface area contributed by atoms with Gasteiger partial charge >= 0.3 is 8.56 Å². The van der Waals surface area contributed by atoms with E-state index in [1.54, 1.807) is 14.2 Å². The molecular weight excluding hydrogens is 270 g/mol. The minimum absolute atomic E-state index is 0.294. The first-order valence-electron chi connectivity index (χ1n) is 7.47. The van der Waals surface area contributed by atoms with Crippen molar-refractivity contribution in [3.05, 3.63) is 24.5 Å². The predicted molar refractivity (Wildman–Crippen MR) is 81.9 cm³/mol. The second-order valence-corrected chi connectivity index (χ2v) is 9.21. The van der Waals surface area contributed by atoms with Crippen LogP contribution in [0.4, 0.5) is 0 Å². The zero-order valence-corrected chi connectivity index (χ0v) is 14.1. The lowest BCUT2D eigenvalue weighted by atomic mass is 9.99. The first kappa shape index (κ1) is 15.8. The molecule has 0 N–H and O–H groups in total. The molecule has 1 aromatic rings. The van der Waals surface area contributed by atoms with Gasteiger partial charge in [0.2, 0.25) is 0 Å². The van der Waals surface area contributed by atoms with Crippen molar-refractivity contribution in [1.82, 2.24) is 4.57 Å². The lowest BCUT2D eigenvalue weighted by Gasteiger charge is -2.52. The van der Waals surface area contributed by atoms with Crippen molar-refractivity contribution in [1.29, 1.82) is 0 Å². The van der Waals surface area contributed by atoms with Crippen molar-refractivity contribution in [3.8, 4) is 0 Å². The van der Waals surface area contributed by atoms with Gasteiger partial charge in [0, 0.05) is 33.7 Å². The van der Waals surface area contributed by atoms with Crippen LogP contribution in [-0.2, 0) is 13.6 Å². The van der Waals surface area contributed by atoms with Gasteiger partial charge in [-0.25, -0.2) is 0 Å². The Bertz CT molecular complexity index is 405. The Balaban J connectivity index is 2.49. The quantitative estimate of drug-likeness (QED) is 0.755. The zero-order chi connectivity index (χ0) is 14.6. The van der Waals surface area contributed by atoms with Crippen LogP contribution in [0.25, 0.3) is 0 Å². The monoisotopic (exact) mass is 297 g/mol. The van der Waals surface area contributed by atoms with Crippen molar-refractivity contribution in [2.45, 2.75) is 49.9 Å². The topological polar surface area (TPSA) is 32.6 Å². The highest BCUT2D eigenvalue weighted by molar-refractivity contribution is 6.70. The van der Waals surface area contributed by atoms with E-state index in [-0.39, 0.29) is 5.22 Å². The normalized spacial score (nSPS) is 29.5. The summed E-state index contributed by atoms with van der Waals surface area (Å²) in [6.45, 7) is 2.20. The number of methoxy groups -OCH3 is 1. The average Bonchev–Trinajstić information content (AvgIpc) is 3.01. The van der Waals surface area contributed by atoms with E-state index in [2.05, 4.69) is 36.0 Å². The van der Waals surface area contributed by atoms with Crippen LogP contribution in [0, 0.1) is 0 Å². The second-order valence-electron chi connectivity index (χ2n) is 5.54. The van der Waals surface area contributed by atoms with E-state index in [1.165, 1.54) is 0 Å². The Morgan fingerprint density at radius 3 is 2.35 bits per heavy atom. The minimum Gasteiger partial charge on any atom is -0.396 e. The summed E-state index contributed by atoms with van der Waals surface area (Å²) in [7, 11) is 3.00. The molecule has 0 aromatic carbocycles. The molecule has 0 spiro atoms. The Labute approximate surface area is 123 Å². The van der Waals surface area contributed by atoms with Gasteiger partial charge in [0.15, 0.2) is 0 Å². The highest BCUT2D eigenvalue weighted by atomic mass is 28.4. The molecule has 1 aliphatic rings. The fourth-order valence-corrected chi connectivity index (χ4v) is 8.03. The van der Waals surface area contributed by atoms with Crippen LogP contribution in [0.2, 0.25) is 6.04 Å². The maximum absolute atomic E-state index is 6.14. The van der Waals surface area contributed by atoms with Crippen LogP contribution in [0.5, 0.6) is 0 Å². The molecule has 0 aliphatic carbocycles. The van der Waals surface area contributed by atoms with Crippen LogP contribution in [0.15, 0.2) is 24.5 Å². The lowest BCUT2D eigenvalue weighted by Crippen LogP contribution is -2.68. The molecule has 20 heavy (non-hydrogen) atoms. The van der Waals surface area contributed by atoms with Crippen LogP contribution in [-0.4, -0.2) is 39.7 Å². The van der Waals surface area contributed by atoms with E-state index >= 15 is 0 Å². The number of hydrogen-bond donors (Lipinski definition) is 0. The molecule has 1 saturated heterocycles. The molecule has 0 amide bonds. The number of rotatable bonds is 6. The maximum Gasteiger partial charge on any atom is 0.372 e.